The molecule has 7 nitrogen and oxygen atoms in total. The predicted octanol–water partition coefficient (Wildman–Crippen LogP) is 4.53. The van der Waals surface area contributed by atoms with E-state index in [4.69, 9.17) is 4.74 Å². The van der Waals surface area contributed by atoms with Crippen LogP contribution in [0.3, 0.4) is 0 Å². The number of carbonyl (C=O) groups is 2. The Morgan fingerprint density at radius 1 is 0.939 bits per heavy atom. The van der Waals surface area contributed by atoms with E-state index in [0.717, 1.165) is 38.5 Å². The molecule has 0 bridgehead atoms. The Labute approximate surface area is 197 Å². The highest BCUT2D eigenvalue weighted by molar-refractivity contribution is 7.09. The lowest BCUT2D eigenvalue weighted by Crippen LogP contribution is -2.49. The van der Waals surface area contributed by atoms with E-state index in [1.54, 1.807) is 23.6 Å². The fraction of sp³-hybridized carbons (Fsp3) is 0.542. The summed E-state index contributed by atoms with van der Waals surface area (Å²) in [5, 5.41) is 11.5. The third-order valence-electron chi connectivity index (χ3n) is 6.31. The van der Waals surface area contributed by atoms with Gasteiger partial charge in [-0.2, -0.15) is 0 Å². The maximum Gasteiger partial charge on any atom is 0.315 e. The zero-order valence-corrected chi connectivity index (χ0v) is 19.5. The monoisotopic (exact) mass is 474 g/mol. The summed E-state index contributed by atoms with van der Waals surface area (Å²) in [4.78, 5) is 29.2. The highest BCUT2D eigenvalue weighted by Gasteiger charge is 2.25. The summed E-state index contributed by atoms with van der Waals surface area (Å²) in [6, 6.07) is 6.64. The molecule has 2 aromatic rings. The minimum absolute atomic E-state index is 0.0665. The molecule has 0 unspecified atom stereocenters. The van der Waals surface area contributed by atoms with Crippen LogP contribution in [-0.2, 0) is 6.61 Å². The summed E-state index contributed by atoms with van der Waals surface area (Å²) < 4.78 is 19.1. The lowest BCUT2D eigenvalue weighted by Gasteiger charge is -2.30. The van der Waals surface area contributed by atoms with E-state index in [1.165, 1.54) is 36.7 Å². The molecule has 0 saturated heterocycles. The minimum atomic E-state index is -0.427. The first kappa shape index (κ1) is 23.5. The predicted molar refractivity (Wildman–Crippen MR) is 125 cm³/mol. The second kappa shape index (κ2) is 11.4. The second-order valence-electron chi connectivity index (χ2n) is 8.82. The van der Waals surface area contributed by atoms with Gasteiger partial charge in [-0.25, -0.2) is 14.2 Å². The molecular weight excluding hydrogens is 443 g/mol. The molecule has 178 valence electrons. The number of ether oxygens (including phenoxy) is 1. The molecule has 2 aliphatic rings. The largest absolute Gasteiger partial charge is 0.483 e. The van der Waals surface area contributed by atoms with Crippen molar-refractivity contribution in [2.45, 2.75) is 82.5 Å². The number of urea groups is 1. The van der Waals surface area contributed by atoms with E-state index >= 15 is 0 Å². The number of hydrogen-bond donors (Lipinski definition) is 3. The average Bonchev–Trinajstić information content (AvgIpc) is 3.30. The van der Waals surface area contributed by atoms with E-state index in [2.05, 4.69) is 20.9 Å². The van der Waals surface area contributed by atoms with Crippen LogP contribution >= 0.6 is 11.3 Å². The molecule has 0 radical (unpaired) electrons. The maximum absolute atomic E-state index is 13.7. The van der Waals surface area contributed by atoms with Crippen molar-refractivity contribution in [1.29, 1.82) is 0 Å². The summed E-state index contributed by atoms with van der Waals surface area (Å²) in [6.07, 6.45) is 9.08. The smallest absolute Gasteiger partial charge is 0.315 e. The zero-order chi connectivity index (χ0) is 23.0. The van der Waals surface area contributed by atoms with Crippen LogP contribution < -0.4 is 20.7 Å². The number of benzene rings is 1. The van der Waals surface area contributed by atoms with Gasteiger partial charge in [-0.1, -0.05) is 31.4 Å². The van der Waals surface area contributed by atoms with Crippen molar-refractivity contribution in [3.8, 4) is 5.75 Å². The van der Waals surface area contributed by atoms with Gasteiger partial charge in [0.15, 0.2) is 11.6 Å². The molecule has 33 heavy (non-hydrogen) atoms. The van der Waals surface area contributed by atoms with Crippen LogP contribution in [0.25, 0.3) is 0 Å². The second-order valence-corrected chi connectivity index (χ2v) is 9.76. The van der Waals surface area contributed by atoms with Gasteiger partial charge in [0.2, 0.25) is 0 Å². The number of carbonyl (C=O) groups excluding carboxylic acids is 2. The van der Waals surface area contributed by atoms with Crippen LogP contribution in [0.4, 0.5) is 9.18 Å². The van der Waals surface area contributed by atoms with Gasteiger partial charge >= 0.3 is 6.03 Å². The van der Waals surface area contributed by atoms with Gasteiger partial charge in [-0.15, -0.1) is 11.3 Å². The summed E-state index contributed by atoms with van der Waals surface area (Å²) in [6.45, 7) is 0.110. The van der Waals surface area contributed by atoms with Gasteiger partial charge in [-0.3, -0.25) is 4.79 Å². The molecule has 0 aliphatic heterocycles. The topological polar surface area (TPSA) is 92.4 Å². The highest BCUT2D eigenvalue weighted by atomic mass is 32.1. The van der Waals surface area contributed by atoms with E-state index in [9.17, 15) is 14.0 Å². The Kier molecular flexibility index (Phi) is 8.15. The van der Waals surface area contributed by atoms with Crippen LogP contribution in [-0.4, -0.2) is 35.0 Å². The lowest BCUT2D eigenvalue weighted by molar-refractivity contribution is 0.0919. The minimum Gasteiger partial charge on any atom is -0.483 e. The molecule has 1 heterocycles. The lowest BCUT2D eigenvalue weighted by atomic mass is 9.91. The van der Waals surface area contributed by atoms with Crippen molar-refractivity contribution in [3.05, 3.63) is 46.2 Å². The van der Waals surface area contributed by atoms with Crippen molar-refractivity contribution >= 4 is 23.3 Å². The number of nitrogens with zero attached hydrogens (tertiary/aromatic N) is 1. The Hall–Kier alpha value is -2.68. The van der Waals surface area contributed by atoms with E-state index in [0.29, 0.717) is 16.7 Å². The SMILES string of the molecule is O=C(NC1CCCCC1)NC1CCC(NC(=O)c2csc(COc3ccccc3F)n2)CC1. The molecule has 1 aromatic heterocycles. The normalized spacial score (nSPS) is 21.2. The third-order valence-corrected chi connectivity index (χ3v) is 7.13. The van der Waals surface area contributed by atoms with Crippen LogP contribution in [0, 0.1) is 5.82 Å². The summed E-state index contributed by atoms with van der Waals surface area (Å²) in [5.74, 6) is -0.477. The Morgan fingerprint density at radius 3 is 2.27 bits per heavy atom. The first-order valence-electron chi connectivity index (χ1n) is 11.8. The van der Waals surface area contributed by atoms with Crippen molar-refractivity contribution in [2.75, 3.05) is 0 Å². The fourth-order valence-electron chi connectivity index (χ4n) is 4.48. The first-order chi connectivity index (χ1) is 16.1. The van der Waals surface area contributed by atoms with Crippen LogP contribution in [0.5, 0.6) is 5.75 Å². The maximum atomic E-state index is 13.7. The number of aromatic nitrogens is 1. The number of rotatable bonds is 7. The molecule has 0 spiro atoms. The van der Waals surface area contributed by atoms with Crippen LogP contribution in [0.15, 0.2) is 29.6 Å². The number of para-hydroxylation sites is 1. The molecular formula is C24H31FN4O3S. The van der Waals surface area contributed by atoms with Gasteiger partial charge in [-0.05, 0) is 50.7 Å². The molecule has 4 rings (SSSR count). The summed E-state index contributed by atoms with van der Waals surface area (Å²) in [7, 11) is 0. The van der Waals surface area contributed by atoms with Crippen molar-refractivity contribution in [1.82, 2.24) is 20.9 Å². The van der Waals surface area contributed by atoms with Gasteiger partial charge < -0.3 is 20.7 Å². The number of nitrogens with one attached hydrogen (secondary N) is 3. The molecule has 2 aliphatic carbocycles. The van der Waals surface area contributed by atoms with Gasteiger partial charge in [0, 0.05) is 23.5 Å². The first-order valence-corrected chi connectivity index (χ1v) is 12.6. The Morgan fingerprint density at radius 2 is 1.58 bits per heavy atom. The summed E-state index contributed by atoms with van der Waals surface area (Å²) in [5.41, 5.74) is 0.347. The summed E-state index contributed by atoms with van der Waals surface area (Å²) >= 11 is 1.31. The molecule has 0 atom stereocenters. The van der Waals surface area contributed by atoms with Crippen molar-refractivity contribution < 1.29 is 18.7 Å². The molecule has 1 aromatic carbocycles. The quantitative estimate of drug-likeness (QED) is 0.550. The molecule has 2 saturated carbocycles. The van der Waals surface area contributed by atoms with Crippen LogP contribution in [0.1, 0.15) is 73.3 Å². The van der Waals surface area contributed by atoms with Crippen LogP contribution in [0.2, 0.25) is 0 Å². The van der Waals surface area contributed by atoms with E-state index < -0.39 is 5.82 Å². The van der Waals surface area contributed by atoms with Gasteiger partial charge in [0.05, 0.1) is 0 Å². The van der Waals surface area contributed by atoms with Gasteiger partial charge in [0.25, 0.3) is 5.91 Å². The zero-order valence-electron chi connectivity index (χ0n) is 18.6. The molecule has 2 fully saturated rings. The highest BCUT2D eigenvalue weighted by Crippen LogP contribution is 2.21. The fourth-order valence-corrected chi connectivity index (χ4v) is 5.17. The standard InChI is InChI=1S/C24H31FN4O3S/c25-19-8-4-5-9-21(19)32-14-22-29-20(15-33-22)23(30)26-17-10-12-18(13-11-17)28-24(31)27-16-6-2-1-3-7-16/h4-5,8-9,15-18H,1-3,6-7,10-14H2,(H,26,30)(H2,27,28,31). The number of hydrogen-bond acceptors (Lipinski definition) is 5. The Bertz CT molecular complexity index is 939. The van der Waals surface area contributed by atoms with Crippen molar-refractivity contribution in [3.63, 3.8) is 0 Å². The Balaban J connectivity index is 1.17. The van der Waals surface area contributed by atoms with E-state index in [1.807, 2.05) is 0 Å². The molecule has 3 amide bonds. The van der Waals surface area contributed by atoms with E-state index in [-0.39, 0.29) is 36.4 Å². The molecule has 9 heteroatoms. The number of thiazole rings is 1. The molecule has 3 N–H and O–H groups in total. The average molecular weight is 475 g/mol. The van der Waals surface area contributed by atoms with Crippen molar-refractivity contribution in [2.24, 2.45) is 0 Å². The number of halogens is 1. The van der Waals surface area contributed by atoms with Gasteiger partial charge in [0.1, 0.15) is 17.3 Å². The third kappa shape index (κ3) is 6.90. The number of amides is 3.